The van der Waals surface area contributed by atoms with Gasteiger partial charge in [0.25, 0.3) is 0 Å². The van der Waals surface area contributed by atoms with Crippen molar-refractivity contribution < 1.29 is 43.9 Å². The lowest BCUT2D eigenvalue weighted by molar-refractivity contribution is -0.216. The van der Waals surface area contributed by atoms with E-state index < -0.39 is 54.4 Å². The molecule has 2 aromatic carbocycles. The molecular weight excluding hydrogens is 518 g/mol. The first-order chi connectivity index (χ1) is 19.0. The number of aliphatic hydroxyl groups is 2. The highest BCUT2D eigenvalue weighted by Crippen LogP contribution is 2.52. The fourth-order valence-electron chi connectivity index (χ4n) is 6.17. The molecule has 6 rings (SSSR count). The number of phenolic OH excluding ortho intramolecular Hbond substituents is 1. The molecule has 2 saturated heterocycles. The van der Waals surface area contributed by atoms with Crippen molar-refractivity contribution in [3.63, 3.8) is 0 Å². The number of ether oxygens (including phenoxy) is 3. The van der Waals surface area contributed by atoms with Gasteiger partial charge in [-0.3, -0.25) is 9.59 Å². The minimum absolute atomic E-state index is 0.000405. The summed E-state index contributed by atoms with van der Waals surface area (Å²) in [6.07, 6.45) is -4.50. The van der Waals surface area contributed by atoms with Gasteiger partial charge in [-0.15, -0.1) is 0 Å². The number of nitrogens with zero attached hydrogens (tertiary/aromatic N) is 1. The molecule has 10 heteroatoms. The predicted octanol–water partition coefficient (Wildman–Crippen LogP) is 3.01. The average molecular weight is 550 g/mol. The fourth-order valence-corrected chi connectivity index (χ4v) is 6.17. The number of allylic oxidation sites excluding steroid dienone is 2. The van der Waals surface area contributed by atoms with Crippen LogP contribution in [0.1, 0.15) is 77.2 Å². The van der Waals surface area contributed by atoms with Crippen LogP contribution in [0.15, 0.2) is 36.0 Å². The van der Waals surface area contributed by atoms with Crippen LogP contribution in [0.5, 0.6) is 11.5 Å². The van der Waals surface area contributed by atoms with E-state index >= 15 is 0 Å². The molecule has 1 aliphatic carbocycles. The molecule has 210 valence electrons. The normalized spacial score (nSPS) is 29.2. The number of fused-ring (bicyclic) bond motifs is 6. The molecule has 0 amide bonds. The topological polar surface area (TPSA) is 143 Å². The number of hydrogen-bond donors (Lipinski definition) is 3. The molecule has 0 bridgehead atoms. The van der Waals surface area contributed by atoms with Crippen molar-refractivity contribution in [3.8, 4) is 11.5 Å². The Morgan fingerprint density at radius 2 is 1.85 bits per heavy atom. The quantitative estimate of drug-likeness (QED) is 0.487. The number of esters is 1. The van der Waals surface area contributed by atoms with Gasteiger partial charge >= 0.3 is 5.97 Å². The Bertz CT molecular complexity index is 1470. The Morgan fingerprint density at radius 3 is 2.55 bits per heavy atom. The lowest BCUT2D eigenvalue weighted by Crippen LogP contribution is -2.48. The second kappa shape index (κ2) is 9.43. The molecule has 4 aliphatic rings. The minimum atomic E-state index is -1.09. The number of aromatic hydroxyl groups is 1. The molecule has 0 saturated carbocycles. The summed E-state index contributed by atoms with van der Waals surface area (Å²) in [5.74, 6) is -1.57. The van der Waals surface area contributed by atoms with Gasteiger partial charge < -0.3 is 34.4 Å². The molecule has 0 radical (unpaired) electrons. The van der Waals surface area contributed by atoms with Crippen LogP contribution in [0.25, 0.3) is 5.57 Å². The Hall–Kier alpha value is -3.73. The van der Waals surface area contributed by atoms with E-state index in [-0.39, 0.29) is 51.8 Å². The van der Waals surface area contributed by atoms with Crippen LogP contribution < -0.4 is 4.74 Å². The number of carbonyl (C=O) groups excluding carboxylic acids is 3. The van der Waals surface area contributed by atoms with Gasteiger partial charge in [0, 0.05) is 23.1 Å². The zero-order valence-electron chi connectivity index (χ0n) is 22.6. The van der Waals surface area contributed by atoms with E-state index in [2.05, 4.69) is 0 Å². The number of hydrogen-bond acceptors (Lipinski definition) is 10. The number of benzene rings is 2. The van der Waals surface area contributed by atoms with E-state index in [4.69, 9.17) is 14.2 Å². The third-order valence-corrected chi connectivity index (χ3v) is 7.96. The van der Waals surface area contributed by atoms with Gasteiger partial charge in [0.15, 0.2) is 5.78 Å². The van der Waals surface area contributed by atoms with E-state index in [0.717, 1.165) is 0 Å². The minimum Gasteiger partial charge on any atom is -0.507 e. The van der Waals surface area contributed by atoms with Gasteiger partial charge in [-0.25, -0.2) is 4.79 Å². The molecule has 0 aromatic heterocycles. The number of rotatable bonds is 4. The number of ketones is 2. The molecule has 6 atom stereocenters. The van der Waals surface area contributed by atoms with Crippen LogP contribution in [-0.4, -0.2) is 68.4 Å². The Balaban J connectivity index is 1.51. The largest absolute Gasteiger partial charge is 0.507 e. The molecule has 3 heterocycles. The number of phenols is 1. The molecule has 2 aromatic rings. The maximum atomic E-state index is 14.4. The van der Waals surface area contributed by atoms with Crippen LogP contribution >= 0.6 is 0 Å². The second-order valence-corrected chi connectivity index (χ2v) is 11.3. The van der Waals surface area contributed by atoms with E-state index in [1.807, 2.05) is 13.8 Å². The second-order valence-electron chi connectivity index (χ2n) is 11.3. The fraction of sp³-hybridized carbons (Fsp3) is 0.433. The summed E-state index contributed by atoms with van der Waals surface area (Å²) in [6, 6.07) is 7.09. The SMILES string of the molecule is Cc1cc(O)c2c(c1)[C@@H]1OC(=O)[C@H](CC(C)C)N1C1=C2C(=O)c2cccc(O[C@H]3C[C@@H](O)[C@@H](O)[C@H](C)O3)c2C1=O. The van der Waals surface area contributed by atoms with E-state index in [1.165, 1.54) is 18.2 Å². The third kappa shape index (κ3) is 3.93. The highest BCUT2D eigenvalue weighted by molar-refractivity contribution is 6.41. The van der Waals surface area contributed by atoms with E-state index in [1.54, 1.807) is 30.9 Å². The number of aryl methyl sites for hydroxylation is 1. The molecule has 0 unspecified atom stereocenters. The highest BCUT2D eigenvalue weighted by atomic mass is 16.7. The highest BCUT2D eigenvalue weighted by Gasteiger charge is 2.54. The molecular formula is C30H31NO9. The van der Waals surface area contributed by atoms with Gasteiger partial charge in [0.05, 0.1) is 23.3 Å². The van der Waals surface area contributed by atoms with Crippen LogP contribution in [0.2, 0.25) is 0 Å². The summed E-state index contributed by atoms with van der Waals surface area (Å²) >= 11 is 0. The predicted molar refractivity (Wildman–Crippen MR) is 140 cm³/mol. The van der Waals surface area contributed by atoms with Gasteiger partial charge in [-0.1, -0.05) is 26.0 Å². The average Bonchev–Trinajstić information content (AvgIpc) is 3.20. The van der Waals surface area contributed by atoms with Gasteiger partial charge in [-0.2, -0.15) is 0 Å². The van der Waals surface area contributed by atoms with Crippen LogP contribution in [0, 0.1) is 12.8 Å². The Kier molecular flexibility index (Phi) is 6.25. The molecule has 40 heavy (non-hydrogen) atoms. The van der Waals surface area contributed by atoms with Crippen molar-refractivity contribution in [2.75, 3.05) is 0 Å². The molecule has 3 aliphatic heterocycles. The Morgan fingerprint density at radius 1 is 1.10 bits per heavy atom. The first kappa shape index (κ1) is 26.5. The summed E-state index contributed by atoms with van der Waals surface area (Å²) < 4.78 is 17.5. The number of carbonyl (C=O) groups is 3. The lowest BCUT2D eigenvalue weighted by Gasteiger charge is -2.39. The van der Waals surface area contributed by atoms with Crippen molar-refractivity contribution in [3.05, 3.63) is 63.8 Å². The molecule has 0 spiro atoms. The van der Waals surface area contributed by atoms with Gasteiger partial charge in [-0.05, 0) is 49.9 Å². The monoisotopic (exact) mass is 549 g/mol. The third-order valence-electron chi connectivity index (χ3n) is 7.96. The van der Waals surface area contributed by atoms with Crippen molar-refractivity contribution in [1.82, 2.24) is 4.90 Å². The maximum absolute atomic E-state index is 14.4. The van der Waals surface area contributed by atoms with Crippen LogP contribution in [0.3, 0.4) is 0 Å². The first-order valence-electron chi connectivity index (χ1n) is 13.5. The number of aliphatic hydroxyl groups excluding tert-OH is 2. The van der Waals surface area contributed by atoms with Crippen LogP contribution in [-0.2, 0) is 14.3 Å². The van der Waals surface area contributed by atoms with Crippen molar-refractivity contribution in [2.45, 2.75) is 77.4 Å². The summed E-state index contributed by atoms with van der Waals surface area (Å²) in [4.78, 5) is 43.3. The van der Waals surface area contributed by atoms with Gasteiger partial charge in [0.2, 0.25) is 18.3 Å². The standard InChI is InChI=1S/C30H31NO9/c1-12(2)8-17-30(37)40-29-16-9-13(3)10-18(32)22(16)24-25(31(17)29)28(36)23-15(27(24)35)6-5-7-20(23)39-21-11-19(33)26(34)14(4)38-21/h5-7,9-10,12,14,17,19,21,26,29,32-34H,8,11H2,1-4H3/t14-,17-,19+,21-,26-,29-/m0/s1. The molecule has 2 fully saturated rings. The zero-order chi connectivity index (χ0) is 28.6. The Labute approximate surface area is 230 Å². The van der Waals surface area contributed by atoms with Gasteiger partial charge in [0.1, 0.15) is 29.3 Å². The van der Waals surface area contributed by atoms with Crippen molar-refractivity contribution in [2.24, 2.45) is 5.92 Å². The van der Waals surface area contributed by atoms with E-state index in [0.29, 0.717) is 17.5 Å². The van der Waals surface area contributed by atoms with Crippen molar-refractivity contribution in [1.29, 1.82) is 0 Å². The maximum Gasteiger partial charge on any atom is 0.331 e. The van der Waals surface area contributed by atoms with E-state index in [9.17, 15) is 29.7 Å². The summed E-state index contributed by atoms with van der Waals surface area (Å²) in [5, 5.41) is 31.3. The smallest absolute Gasteiger partial charge is 0.331 e. The first-order valence-corrected chi connectivity index (χ1v) is 13.5. The summed E-state index contributed by atoms with van der Waals surface area (Å²) in [6.45, 7) is 7.29. The van der Waals surface area contributed by atoms with Crippen molar-refractivity contribution >= 4 is 23.1 Å². The molecule has 3 N–H and O–H groups in total. The summed E-state index contributed by atoms with van der Waals surface area (Å²) in [5.41, 5.74) is 1.42. The summed E-state index contributed by atoms with van der Waals surface area (Å²) in [7, 11) is 0. The van der Waals surface area contributed by atoms with Crippen LogP contribution in [0.4, 0.5) is 0 Å². The lowest BCUT2D eigenvalue weighted by atomic mass is 9.78. The number of Topliss-reactive ketones (excluding diaryl/α,β-unsaturated/α-hetero) is 2. The molecule has 10 nitrogen and oxygen atoms in total. The zero-order valence-corrected chi connectivity index (χ0v) is 22.6.